The number of nitrogens with zero attached hydrogens (tertiary/aromatic N) is 2. The van der Waals surface area contributed by atoms with Crippen molar-refractivity contribution in [3.8, 4) is 16.9 Å². The molecule has 0 unspecified atom stereocenters. The number of halogens is 6. The zero-order valence-corrected chi connectivity index (χ0v) is 26.2. The van der Waals surface area contributed by atoms with Gasteiger partial charge < -0.3 is 14.6 Å². The third-order valence-corrected chi connectivity index (χ3v) is 8.42. The summed E-state index contributed by atoms with van der Waals surface area (Å²) in [6, 6.07) is 5.42. The van der Waals surface area contributed by atoms with Crippen molar-refractivity contribution in [1.82, 2.24) is 15.3 Å². The summed E-state index contributed by atoms with van der Waals surface area (Å²) >= 11 is 6.23. The number of ketones is 1. The van der Waals surface area contributed by atoms with Gasteiger partial charge in [-0.15, -0.1) is 0 Å². The lowest BCUT2D eigenvalue weighted by atomic mass is 9.97. The van der Waals surface area contributed by atoms with Crippen LogP contribution in [-0.4, -0.2) is 83.0 Å². The highest BCUT2D eigenvalue weighted by Crippen LogP contribution is 2.40. The number of carbonyl (C=O) groups excluding carboxylic acids is 2. The highest BCUT2D eigenvalue weighted by Gasteiger charge is 2.37. The van der Waals surface area contributed by atoms with Gasteiger partial charge in [-0.1, -0.05) is 30.0 Å². The average Bonchev–Trinajstić information content (AvgIpc) is 3.28. The lowest BCUT2D eigenvalue weighted by Gasteiger charge is -2.26. The van der Waals surface area contributed by atoms with E-state index in [2.05, 4.69) is 10.3 Å². The summed E-state index contributed by atoms with van der Waals surface area (Å²) in [6.45, 7) is 3.43. The van der Waals surface area contributed by atoms with Crippen LogP contribution in [0.1, 0.15) is 36.0 Å². The number of benzene rings is 2. The molecule has 2 heterocycles. The summed E-state index contributed by atoms with van der Waals surface area (Å²) in [6.07, 6.45) is -8.22. The molecule has 0 saturated carbocycles. The number of Topliss-reactive ketones (excluding diaryl/α,β-unsaturated/α-hetero) is 1. The molecule has 0 spiro atoms. The van der Waals surface area contributed by atoms with E-state index in [1.807, 2.05) is 0 Å². The molecule has 2 aromatic rings. The molecule has 9 nitrogen and oxygen atoms in total. The predicted molar refractivity (Wildman–Crippen MR) is 164 cm³/mol. The first kappa shape index (κ1) is 36.3. The summed E-state index contributed by atoms with van der Waals surface area (Å²) < 4.78 is 92.8. The highest BCUT2D eigenvalue weighted by molar-refractivity contribution is 8.26. The Morgan fingerprint density at radius 1 is 1.00 bits per heavy atom. The maximum Gasteiger partial charge on any atom is 0.416 e. The van der Waals surface area contributed by atoms with Crippen LogP contribution in [0.5, 0.6) is 5.75 Å². The molecular formula is C30H29F6N3O6S2. The summed E-state index contributed by atoms with van der Waals surface area (Å²) in [5.74, 6) is -2.78. The SMILES string of the molecule is O=C(O)C(=O)CCCCNN1C(=O)C(=Cc2cc(-c3cc(C(F)(F)F)cc(C(F)(F)F)c3)ccc2OCCN2CCOCC2)SC1=S. The molecule has 2 saturated heterocycles. The van der Waals surface area contributed by atoms with E-state index in [9.17, 15) is 40.7 Å². The van der Waals surface area contributed by atoms with Crippen LogP contribution in [0.2, 0.25) is 0 Å². The van der Waals surface area contributed by atoms with E-state index in [1.165, 1.54) is 24.3 Å². The largest absolute Gasteiger partial charge is 0.492 e. The van der Waals surface area contributed by atoms with Crippen molar-refractivity contribution >= 4 is 52.0 Å². The minimum absolute atomic E-state index is 0.0258. The fraction of sp³-hybridized carbons (Fsp3) is 0.400. The number of carboxylic acids is 1. The Kier molecular flexibility index (Phi) is 12.1. The quantitative estimate of drug-likeness (QED) is 0.0896. The van der Waals surface area contributed by atoms with Gasteiger partial charge in [0, 0.05) is 38.2 Å². The molecule has 2 fully saturated rings. The lowest BCUT2D eigenvalue weighted by molar-refractivity contribution is -0.149. The van der Waals surface area contributed by atoms with Crippen molar-refractivity contribution in [3.05, 3.63) is 58.0 Å². The van der Waals surface area contributed by atoms with Gasteiger partial charge in [0.25, 0.3) is 5.91 Å². The number of nitrogens with one attached hydrogen (secondary N) is 1. The summed E-state index contributed by atoms with van der Waals surface area (Å²) in [4.78, 5) is 37.4. The topological polar surface area (TPSA) is 108 Å². The number of hydrogen-bond acceptors (Lipinski definition) is 9. The smallest absolute Gasteiger partial charge is 0.416 e. The molecule has 0 radical (unpaired) electrons. The van der Waals surface area contributed by atoms with E-state index in [0.717, 1.165) is 16.8 Å². The molecule has 2 aromatic carbocycles. The molecule has 2 aliphatic heterocycles. The van der Waals surface area contributed by atoms with Crippen molar-refractivity contribution in [2.45, 2.75) is 31.6 Å². The Hall–Kier alpha value is -3.51. The van der Waals surface area contributed by atoms with Crippen LogP contribution in [-0.2, 0) is 31.5 Å². The molecule has 0 bridgehead atoms. The summed E-state index contributed by atoms with van der Waals surface area (Å²) in [5.41, 5.74) is -0.188. The average molecular weight is 706 g/mol. The van der Waals surface area contributed by atoms with Gasteiger partial charge in [0.05, 0.1) is 29.2 Å². The monoisotopic (exact) mass is 705 g/mol. The number of ether oxygens (including phenoxy) is 2. The molecule has 254 valence electrons. The molecule has 0 atom stereocenters. The number of carbonyl (C=O) groups is 3. The van der Waals surface area contributed by atoms with Crippen molar-refractivity contribution in [2.75, 3.05) is 46.0 Å². The Balaban J connectivity index is 1.61. The Bertz CT molecular complexity index is 1510. The van der Waals surface area contributed by atoms with Gasteiger partial charge in [-0.3, -0.25) is 14.5 Å². The third kappa shape index (κ3) is 9.99. The number of alkyl halides is 6. The molecule has 4 rings (SSSR count). The molecule has 47 heavy (non-hydrogen) atoms. The number of thioether (sulfide) groups is 1. The zero-order chi connectivity index (χ0) is 34.4. The number of rotatable bonds is 13. The Labute approximate surface area is 274 Å². The standard InChI is InChI=1S/C30H29F6N3O6S2/c31-29(32,33)21-14-19(15-22(17-21)30(34,35)36)18-4-5-24(45-12-9-38-7-10-44-11-8-38)20(13-18)16-25-26(41)39(28(46)47-25)37-6-2-1-3-23(40)27(42)43/h4-5,13-17,37H,1-3,6-12H2,(H,42,43). The minimum atomic E-state index is -5.03. The maximum atomic E-state index is 13.6. The molecule has 2 aliphatic rings. The van der Waals surface area contributed by atoms with Crippen LogP contribution in [0.3, 0.4) is 0 Å². The Morgan fingerprint density at radius 3 is 2.28 bits per heavy atom. The van der Waals surface area contributed by atoms with Gasteiger partial charge >= 0.3 is 18.3 Å². The number of amides is 1. The van der Waals surface area contributed by atoms with Gasteiger partial charge in [-0.05, 0) is 60.4 Å². The lowest BCUT2D eigenvalue weighted by Crippen LogP contribution is -2.41. The second kappa shape index (κ2) is 15.6. The maximum absolute atomic E-state index is 13.6. The third-order valence-electron chi connectivity index (χ3n) is 7.12. The first-order valence-electron chi connectivity index (χ1n) is 14.3. The van der Waals surface area contributed by atoms with Crippen molar-refractivity contribution in [3.63, 3.8) is 0 Å². The van der Waals surface area contributed by atoms with Crippen LogP contribution in [0.4, 0.5) is 26.3 Å². The van der Waals surface area contributed by atoms with Gasteiger partial charge in [-0.25, -0.2) is 15.2 Å². The minimum Gasteiger partial charge on any atom is -0.492 e. The normalized spacial score (nSPS) is 17.1. The fourth-order valence-corrected chi connectivity index (χ4v) is 5.87. The highest BCUT2D eigenvalue weighted by atomic mass is 32.2. The number of unbranched alkanes of at least 4 members (excludes halogenated alkanes) is 1. The second-order valence-electron chi connectivity index (χ2n) is 10.5. The van der Waals surface area contributed by atoms with E-state index in [-0.39, 0.29) is 63.7 Å². The van der Waals surface area contributed by atoms with Crippen LogP contribution in [0, 0.1) is 0 Å². The Morgan fingerprint density at radius 2 is 1.66 bits per heavy atom. The van der Waals surface area contributed by atoms with Gasteiger partial charge in [0.15, 0.2) is 4.32 Å². The molecule has 2 N–H and O–H groups in total. The number of aliphatic carboxylic acids is 1. The molecule has 1 amide bonds. The number of hydrazine groups is 1. The number of morpholine rings is 1. The summed E-state index contributed by atoms with van der Waals surface area (Å²) in [5, 5.41) is 9.77. The second-order valence-corrected chi connectivity index (χ2v) is 12.1. The molecular weight excluding hydrogens is 676 g/mol. The van der Waals surface area contributed by atoms with E-state index >= 15 is 0 Å². The van der Waals surface area contributed by atoms with Crippen molar-refractivity contribution in [1.29, 1.82) is 0 Å². The van der Waals surface area contributed by atoms with Gasteiger partial charge in [-0.2, -0.15) is 26.3 Å². The van der Waals surface area contributed by atoms with E-state index in [4.69, 9.17) is 26.8 Å². The first-order valence-corrected chi connectivity index (χ1v) is 15.5. The van der Waals surface area contributed by atoms with E-state index < -0.39 is 41.1 Å². The van der Waals surface area contributed by atoms with Crippen molar-refractivity contribution < 1.29 is 55.3 Å². The van der Waals surface area contributed by atoms with Gasteiger partial charge in [0.2, 0.25) is 5.78 Å². The predicted octanol–water partition coefficient (Wildman–Crippen LogP) is 5.63. The zero-order valence-electron chi connectivity index (χ0n) is 24.6. The van der Waals surface area contributed by atoms with E-state index in [0.29, 0.717) is 51.4 Å². The van der Waals surface area contributed by atoms with Crippen molar-refractivity contribution in [2.24, 2.45) is 0 Å². The number of carboxylic acid groups (broad SMARTS) is 1. The fourth-order valence-electron chi connectivity index (χ4n) is 4.66. The van der Waals surface area contributed by atoms with Crippen LogP contribution < -0.4 is 10.2 Å². The van der Waals surface area contributed by atoms with Crippen LogP contribution in [0.15, 0.2) is 41.3 Å². The molecule has 17 heteroatoms. The van der Waals surface area contributed by atoms with Crippen LogP contribution >= 0.6 is 24.0 Å². The molecule has 0 aliphatic carbocycles. The summed E-state index contributed by atoms with van der Waals surface area (Å²) in [7, 11) is 0. The number of hydrogen-bond donors (Lipinski definition) is 2. The first-order chi connectivity index (χ1) is 22.1. The molecule has 0 aromatic heterocycles. The van der Waals surface area contributed by atoms with E-state index in [1.54, 1.807) is 0 Å². The number of thiocarbonyl (C=S) groups is 1. The van der Waals surface area contributed by atoms with Crippen LogP contribution in [0.25, 0.3) is 17.2 Å². The van der Waals surface area contributed by atoms with Gasteiger partial charge in [0.1, 0.15) is 12.4 Å².